The van der Waals surface area contributed by atoms with Gasteiger partial charge in [-0.05, 0) is 23.8 Å². The molecule has 9 nitrogen and oxygen atoms in total. The van der Waals surface area contributed by atoms with Crippen LogP contribution in [0.5, 0.6) is 0 Å². The summed E-state index contributed by atoms with van der Waals surface area (Å²) in [7, 11) is -3.63. The maximum atomic E-state index is 11.9. The van der Waals surface area contributed by atoms with E-state index in [1.807, 2.05) is 0 Å². The van der Waals surface area contributed by atoms with Crippen LogP contribution in [0, 0.1) is 11.3 Å². The van der Waals surface area contributed by atoms with Crippen LogP contribution in [0.25, 0.3) is 5.52 Å². The second-order valence-corrected chi connectivity index (χ2v) is 12.2. The predicted octanol–water partition coefficient (Wildman–Crippen LogP) is 0.961. The third-order valence-corrected chi connectivity index (χ3v) is 10.5. The SMILES string of the molecule is CC1C(Nc2c(C(N)=O)cnn3cc(C#N)cc23)CC2CN(S(C)(=O)=O)CP21. The van der Waals surface area contributed by atoms with Gasteiger partial charge in [0.2, 0.25) is 10.0 Å². The molecule has 2 fully saturated rings. The van der Waals surface area contributed by atoms with E-state index >= 15 is 0 Å². The average Bonchev–Trinajstić information content (AvgIpc) is 3.29. The van der Waals surface area contributed by atoms with Crippen molar-refractivity contribution in [1.82, 2.24) is 13.9 Å². The Kier molecular flexibility index (Phi) is 4.57. The number of anilines is 1. The molecule has 28 heavy (non-hydrogen) atoms. The Hall–Kier alpha value is -2.21. The second-order valence-electron chi connectivity index (χ2n) is 7.40. The van der Waals surface area contributed by atoms with Gasteiger partial charge in [0.25, 0.3) is 5.91 Å². The standard InChI is InChI=1S/C17H21N6O3PS/c1-10-14(4-12-8-22(9-27(10)12)28(2,25)26)21-16-13(17(19)24)6-20-23-7-11(5-18)3-15(16)23/h3,6-7,10,12,14,21H,4,8-9H2,1-2H3,(H2,19,24). The molecular formula is C17H21N6O3PS. The van der Waals surface area contributed by atoms with Crippen LogP contribution in [0.3, 0.4) is 0 Å². The number of nitrogens with zero attached hydrogens (tertiary/aromatic N) is 4. The lowest BCUT2D eigenvalue weighted by atomic mass is 10.1. The Balaban J connectivity index is 1.64. The number of hydrogen-bond acceptors (Lipinski definition) is 6. The summed E-state index contributed by atoms with van der Waals surface area (Å²) in [6, 6.07) is 3.86. The van der Waals surface area contributed by atoms with Crippen molar-refractivity contribution >= 4 is 35.1 Å². The molecule has 4 unspecified atom stereocenters. The Morgan fingerprint density at radius 1 is 1.50 bits per heavy atom. The van der Waals surface area contributed by atoms with E-state index in [1.165, 1.54) is 12.5 Å². The Bertz CT molecular complexity index is 1110. The number of nitriles is 1. The fraction of sp³-hybridized carbons (Fsp3) is 0.471. The first-order chi connectivity index (χ1) is 13.2. The van der Waals surface area contributed by atoms with Crippen molar-refractivity contribution in [2.45, 2.75) is 30.7 Å². The summed E-state index contributed by atoms with van der Waals surface area (Å²) in [5.41, 5.74) is 8.11. The predicted molar refractivity (Wildman–Crippen MR) is 107 cm³/mol. The molecule has 4 rings (SSSR count). The zero-order valence-corrected chi connectivity index (χ0v) is 17.2. The number of primary amides is 1. The summed E-state index contributed by atoms with van der Waals surface area (Å²) >= 11 is 0. The third-order valence-electron chi connectivity index (χ3n) is 5.67. The van der Waals surface area contributed by atoms with E-state index in [2.05, 4.69) is 23.4 Å². The molecule has 2 aromatic heterocycles. The van der Waals surface area contributed by atoms with Gasteiger partial charge in [0.05, 0.1) is 34.8 Å². The number of aromatic nitrogens is 2. The van der Waals surface area contributed by atoms with E-state index in [-0.39, 0.29) is 17.3 Å². The maximum absolute atomic E-state index is 11.9. The number of nitrogens with one attached hydrogen (secondary N) is 1. The molecule has 148 valence electrons. The van der Waals surface area contributed by atoms with Gasteiger partial charge in [0, 0.05) is 25.1 Å². The molecule has 3 N–H and O–H groups in total. The van der Waals surface area contributed by atoms with Gasteiger partial charge in [0.1, 0.15) is 6.07 Å². The Morgan fingerprint density at radius 3 is 2.86 bits per heavy atom. The molecule has 4 heterocycles. The zero-order chi connectivity index (χ0) is 20.2. The quantitative estimate of drug-likeness (QED) is 0.708. The van der Waals surface area contributed by atoms with Crippen molar-refractivity contribution in [3.05, 3.63) is 29.6 Å². The van der Waals surface area contributed by atoms with Crippen LogP contribution in [-0.4, -0.2) is 64.7 Å². The summed E-state index contributed by atoms with van der Waals surface area (Å²) in [5.74, 6) is -0.586. The van der Waals surface area contributed by atoms with Gasteiger partial charge in [-0.15, -0.1) is 0 Å². The summed E-state index contributed by atoms with van der Waals surface area (Å²) < 4.78 is 26.9. The van der Waals surface area contributed by atoms with Crippen molar-refractivity contribution in [1.29, 1.82) is 5.26 Å². The Labute approximate surface area is 164 Å². The van der Waals surface area contributed by atoms with Crippen LogP contribution < -0.4 is 11.1 Å². The monoisotopic (exact) mass is 420 g/mol. The molecule has 0 radical (unpaired) electrons. The number of amides is 1. The first kappa shape index (κ1) is 19.1. The van der Waals surface area contributed by atoms with E-state index in [4.69, 9.17) is 5.73 Å². The van der Waals surface area contributed by atoms with Crippen LogP contribution in [-0.2, 0) is 10.0 Å². The van der Waals surface area contributed by atoms with Crippen LogP contribution in [0.2, 0.25) is 0 Å². The molecule has 0 bridgehead atoms. The molecule has 0 saturated carbocycles. The highest BCUT2D eigenvalue weighted by molar-refractivity contribution is 7.88. The number of rotatable bonds is 4. The molecule has 4 atom stereocenters. The van der Waals surface area contributed by atoms with Crippen molar-refractivity contribution in [3.8, 4) is 6.07 Å². The lowest BCUT2D eigenvalue weighted by molar-refractivity contribution is 0.100. The van der Waals surface area contributed by atoms with E-state index in [1.54, 1.807) is 21.1 Å². The first-order valence-electron chi connectivity index (χ1n) is 8.87. The highest BCUT2D eigenvalue weighted by Crippen LogP contribution is 2.60. The Morgan fingerprint density at radius 2 is 2.25 bits per heavy atom. The van der Waals surface area contributed by atoms with E-state index in [0.29, 0.717) is 35.3 Å². The largest absolute Gasteiger partial charge is 0.379 e. The minimum atomic E-state index is -3.17. The number of sulfonamides is 1. The summed E-state index contributed by atoms with van der Waals surface area (Å²) in [6.07, 6.45) is 5.70. The third kappa shape index (κ3) is 3.13. The maximum Gasteiger partial charge on any atom is 0.252 e. The van der Waals surface area contributed by atoms with Crippen molar-refractivity contribution in [3.63, 3.8) is 0 Å². The summed E-state index contributed by atoms with van der Waals surface area (Å²) in [6.45, 7) is 2.70. The fourth-order valence-electron chi connectivity index (χ4n) is 4.15. The van der Waals surface area contributed by atoms with Crippen LogP contribution in [0.15, 0.2) is 18.5 Å². The van der Waals surface area contributed by atoms with Gasteiger partial charge in [-0.3, -0.25) is 4.79 Å². The number of carbonyl (C=O) groups excluding carboxylic acids is 1. The number of fused-ring (bicyclic) bond motifs is 2. The lowest BCUT2D eigenvalue weighted by Crippen LogP contribution is -2.33. The van der Waals surface area contributed by atoms with E-state index in [0.717, 1.165) is 6.42 Å². The number of carbonyl (C=O) groups is 1. The van der Waals surface area contributed by atoms with Gasteiger partial charge in [-0.2, -0.15) is 14.7 Å². The van der Waals surface area contributed by atoms with Crippen LogP contribution in [0.4, 0.5) is 5.69 Å². The minimum Gasteiger partial charge on any atom is -0.379 e. The number of hydrogen-bond donors (Lipinski definition) is 2. The highest BCUT2D eigenvalue weighted by Gasteiger charge is 2.47. The molecule has 0 aromatic carbocycles. The number of nitrogens with two attached hydrogens (primary N) is 1. The van der Waals surface area contributed by atoms with Crippen molar-refractivity contribution in [2.24, 2.45) is 5.73 Å². The van der Waals surface area contributed by atoms with E-state index < -0.39 is 23.9 Å². The molecule has 2 aliphatic heterocycles. The summed E-state index contributed by atoms with van der Waals surface area (Å²) in [4.78, 5) is 11.9. The van der Waals surface area contributed by atoms with Gasteiger partial charge in [0.15, 0.2) is 0 Å². The van der Waals surface area contributed by atoms with Gasteiger partial charge in [-0.1, -0.05) is 14.8 Å². The van der Waals surface area contributed by atoms with Crippen LogP contribution in [0.1, 0.15) is 29.3 Å². The first-order valence-corrected chi connectivity index (χ1v) is 12.4. The second kappa shape index (κ2) is 6.69. The van der Waals surface area contributed by atoms with Gasteiger partial charge < -0.3 is 11.1 Å². The average molecular weight is 420 g/mol. The molecule has 11 heteroatoms. The van der Waals surface area contributed by atoms with Crippen molar-refractivity contribution in [2.75, 3.05) is 24.4 Å². The molecule has 2 aromatic rings. The topological polar surface area (TPSA) is 134 Å². The highest BCUT2D eigenvalue weighted by atomic mass is 32.2. The molecule has 2 aliphatic rings. The fourth-order valence-corrected chi connectivity index (χ4v) is 9.15. The lowest BCUT2D eigenvalue weighted by Gasteiger charge is -2.25. The molecular weight excluding hydrogens is 399 g/mol. The normalized spacial score (nSPS) is 27.6. The van der Waals surface area contributed by atoms with E-state index in [9.17, 15) is 18.5 Å². The van der Waals surface area contributed by atoms with Crippen LogP contribution >= 0.6 is 7.92 Å². The van der Waals surface area contributed by atoms with Gasteiger partial charge in [-0.25, -0.2) is 12.9 Å². The van der Waals surface area contributed by atoms with Crippen molar-refractivity contribution < 1.29 is 13.2 Å². The smallest absolute Gasteiger partial charge is 0.252 e. The van der Waals surface area contributed by atoms with Gasteiger partial charge >= 0.3 is 0 Å². The molecule has 0 spiro atoms. The summed E-state index contributed by atoms with van der Waals surface area (Å²) in [5, 5.41) is 16.8. The molecule has 2 saturated heterocycles. The zero-order valence-electron chi connectivity index (χ0n) is 15.5. The molecule has 1 amide bonds. The minimum absolute atomic E-state index is 0.0996. The molecule has 0 aliphatic carbocycles.